The lowest BCUT2D eigenvalue weighted by molar-refractivity contribution is -0.117. The Morgan fingerprint density at radius 1 is 1.27 bits per heavy atom. The first-order valence-electron chi connectivity index (χ1n) is 12.6. The van der Waals surface area contributed by atoms with Crippen molar-refractivity contribution in [2.45, 2.75) is 52.7 Å². The lowest BCUT2D eigenvalue weighted by Crippen LogP contribution is -2.50. The molecule has 0 bridgehead atoms. The molecule has 0 saturated heterocycles. The molecule has 4 amide bonds. The van der Waals surface area contributed by atoms with E-state index in [0.29, 0.717) is 34.9 Å². The SMILES string of the molecule is Cc1noc(C)c1NC(=O)N(C)C[C@@H]1Oc2c(NC(=O)C3CC3)cccc2C(=O)N([C@H](C)CO)C[C@@H]1C. The number of benzene rings is 1. The van der Waals surface area contributed by atoms with Crippen molar-refractivity contribution >= 4 is 29.2 Å². The van der Waals surface area contributed by atoms with Gasteiger partial charge in [0, 0.05) is 25.4 Å². The fourth-order valence-electron chi connectivity index (χ4n) is 4.36. The van der Waals surface area contributed by atoms with Gasteiger partial charge in [-0.1, -0.05) is 18.1 Å². The van der Waals surface area contributed by atoms with E-state index in [9.17, 15) is 19.5 Å². The Labute approximate surface area is 216 Å². The number of aliphatic hydroxyl groups excluding tert-OH is 1. The van der Waals surface area contributed by atoms with Crippen molar-refractivity contribution in [3.8, 4) is 5.75 Å². The molecule has 2 heterocycles. The number of nitrogens with zero attached hydrogens (tertiary/aromatic N) is 3. The molecule has 200 valence electrons. The van der Waals surface area contributed by atoms with Gasteiger partial charge in [0.05, 0.1) is 30.4 Å². The summed E-state index contributed by atoms with van der Waals surface area (Å²) in [7, 11) is 1.66. The number of fused-ring (bicyclic) bond motifs is 1. The minimum atomic E-state index is -0.514. The van der Waals surface area contributed by atoms with E-state index in [0.717, 1.165) is 12.8 Å². The maximum Gasteiger partial charge on any atom is 0.321 e. The van der Waals surface area contributed by atoms with Gasteiger partial charge >= 0.3 is 6.03 Å². The molecular weight excluding hydrogens is 478 g/mol. The number of urea groups is 1. The van der Waals surface area contributed by atoms with Crippen LogP contribution in [-0.4, -0.2) is 76.8 Å². The first-order valence-corrected chi connectivity index (χ1v) is 12.6. The summed E-state index contributed by atoms with van der Waals surface area (Å²) in [6.07, 6.45) is 1.17. The third-order valence-corrected chi connectivity index (χ3v) is 6.96. The fraction of sp³-hybridized carbons (Fsp3) is 0.538. The minimum Gasteiger partial charge on any atom is -0.485 e. The largest absolute Gasteiger partial charge is 0.485 e. The van der Waals surface area contributed by atoms with E-state index < -0.39 is 12.1 Å². The second-order valence-corrected chi connectivity index (χ2v) is 10.1. The minimum absolute atomic E-state index is 0.0279. The Morgan fingerprint density at radius 2 is 2.00 bits per heavy atom. The number of carbonyl (C=O) groups is 3. The normalized spacial score (nSPS) is 20.3. The molecule has 37 heavy (non-hydrogen) atoms. The Morgan fingerprint density at radius 3 is 2.62 bits per heavy atom. The number of hydrogen-bond donors (Lipinski definition) is 3. The summed E-state index contributed by atoms with van der Waals surface area (Å²) in [5, 5.41) is 19.5. The van der Waals surface area contributed by atoms with Crippen LogP contribution in [0.15, 0.2) is 22.7 Å². The Balaban J connectivity index is 1.63. The van der Waals surface area contributed by atoms with Crippen LogP contribution in [0.5, 0.6) is 5.75 Å². The summed E-state index contributed by atoms with van der Waals surface area (Å²) >= 11 is 0. The van der Waals surface area contributed by atoms with E-state index in [1.54, 1.807) is 50.9 Å². The molecule has 3 N–H and O–H groups in total. The van der Waals surface area contributed by atoms with Crippen molar-refractivity contribution in [3.05, 3.63) is 35.2 Å². The highest BCUT2D eigenvalue weighted by Crippen LogP contribution is 2.37. The van der Waals surface area contributed by atoms with Crippen molar-refractivity contribution in [3.63, 3.8) is 0 Å². The molecule has 2 aromatic rings. The Hall–Kier alpha value is -3.60. The van der Waals surface area contributed by atoms with Crippen LogP contribution in [-0.2, 0) is 4.79 Å². The standard InChI is InChI=1S/C26H35N5O6/c1-14-11-31(15(2)13-32)25(34)19-7-6-8-20(27-24(33)18-9-10-18)23(19)36-21(14)12-30(5)26(35)28-22-16(3)29-37-17(22)4/h6-8,14-15,18,21,32H,9-13H2,1-5H3,(H,27,33)(H,28,35)/t14-,15+,21-/m0/s1. The van der Waals surface area contributed by atoms with Crippen molar-refractivity contribution in [1.29, 1.82) is 0 Å². The average molecular weight is 514 g/mol. The molecule has 11 heteroatoms. The number of ether oxygens (including phenoxy) is 1. The van der Waals surface area contributed by atoms with Crippen LogP contribution < -0.4 is 15.4 Å². The molecule has 1 aromatic carbocycles. The number of carbonyl (C=O) groups excluding carboxylic acids is 3. The monoisotopic (exact) mass is 513 g/mol. The molecule has 4 rings (SSSR count). The van der Waals surface area contributed by atoms with Gasteiger partial charge in [-0.25, -0.2) is 4.79 Å². The van der Waals surface area contributed by atoms with Gasteiger partial charge in [0.25, 0.3) is 5.91 Å². The highest BCUT2D eigenvalue weighted by molar-refractivity contribution is 6.02. The van der Waals surface area contributed by atoms with Gasteiger partial charge in [-0.3, -0.25) is 9.59 Å². The second kappa shape index (κ2) is 10.8. The van der Waals surface area contributed by atoms with E-state index in [4.69, 9.17) is 9.26 Å². The van der Waals surface area contributed by atoms with E-state index in [-0.39, 0.29) is 48.6 Å². The summed E-state index contributed by atoms with van der Waals surface area (Å²) in [5.41, 5.74) is 1.81. The molecule has 11 nitrogen and oxygen atoms in total. The van der Waals surface area contributed by atoms with E-state index in [2.05, 4.69) is 15.8 Å². The number of rotatable bonds is 7. The second-order valence-electron chi connectivity index (χ2n) is 10.1. The van der Waals surface area contributed by atoms with Crippen molar-refractivity contribution in [1.82, 2.24) is 15.0 Å². The van der Waals surface area contributed by atoms with Crippen molar-refractivity contribution < 1.29 is 28.8 Å². The van der Waals surface area contributed by atoms with Gasteiger partial charge in [0.1, 0.15) is 17.5 Å². The Kier molecular flexibility index (Phi) is 7.72. The van der Waals surface area contributed by atoms with Crippen LogP contribution in [0.4, 0.5) is 16.2 Å². The summed E-state index contributed by atoms with van der Waals surface area (Å²) in [6.45, 7) is 7.51. The number of aromatic nitrogens is 1. The molecule has 1 aromatic heterocycles. The van der Waals surface area contributed by atoms with Crippen LogP contribution in [0.2, 0.25) is 0 Å². The van der Waals surface area contributed by atoms with E-state index in [1.165, 1.54) is 4.90 Å². The zero-order valence-electron chi connectivity index (χ0n) is 21.9. The highest BCUT2D eigenvalue weighted by Gasteiger charge is 2.36. The number of amides is 4. The molecule has 1 saturated carbocycles. The number of aliphatic hydroxyl groups is 1. The fourth-order valence-corrected chi connectivity index (χ4v) is 4.36. The third kappa shape index (κ3) is 5.71. The maximum atomic E-state index is 13.5. The van der Waals surface area contributed by atoms with Gasteiger partial charge in [0.2, 0.25) is 5.91 Å². The lowest BCUT2D eigenvalue weighted by atomic mass is 9.99. The van der Waals surface area contributed by atoms with Gasteiger partial charge in [-0.2, -0.15) is 0 Å². The molecular formula is C26H35N5O6. The molecule has 0 radical (unpaired) electrons. The van der Waals surface area contributed by atoms with Crippen LogP contribution in [0, 0.1) is 25.7 Å². The summed E-state index contributed by atoms with van der Waals surface area (Å²) in [4.78, 5) is 42.2. The van der Waals surface area contributed by atoms with Gasteiger partial charge < -0.3 is 34.8 Å². The maximum absolute atomic E-state index is 13.5. The quantitative estimate of drug-likeness (QED) is 0.517. The van der Waals surface area contributed by atoms with Gasteiger partial charge in [-0.15, -0.1) is 0 Å². The average Bonchev–Trinajstić information content (AvgIpc) is 3.68. The lowest BCUT2D eigenvalue weighted by Gasteiger charge is -2.38. The first kappa shape index (κ1) is 26.5. The topological polar surface area (TPSA) is 137 Å². The van der Waals surface area contributed by atoms with Crippen LogP contribution in [0.3, 0.4) is 0 Å². The first-order chi connectivity index (χ1) is 17.6. The van der Waals surface area contributed by atoms with Crippen LogP contribution in [0.1, 0.15) is 48.5 Å². The molecule has 0 spiro atoms. The molecule has 1 aliphatic carbocycles. The number of aryl methyl sites for hydroxylation is 2. The number of anilines is 2. The molecule has 1 fully saturated rings. The smallest absolute Gasteiger partial charge is 0.321 e. The number of likely N-dealkylation sites (N-methyl/N-ethyl adjacent to an activating group) is 1. The van der Waals surface area contributed by atoms with Crippen molar-refractivity contribution in [2.24, 2.45) is 11.8 Å². The predicted molar refractivity (Wildman–Crippen MR) is 137 cm³/mol. The van der Waals surface area contributed by atoms with Gasteiger partial charge in [-0.05, 0) is 45.7 Å². The van der Waals surface area contributed by atoms with Crippen LogP contribution in [0.25, 0.3) is 0 Å². The third-order valence-electron chi connectivity index (χ3n) is 6.96. The highest BCUT2D eigenvalue weighted by atomic mass is 16.5. The number of para-hydroxylation sites is 1. The summed E-state index contributed by atoms with van der Waals surface area (Å²) in [5.74, 6) is 0.161. The summed E-state index contributed by atoms with van der Waals surface area (Å²) in [6, 6.07) is 4.28. The molecule has 2 aliphatic rings. The summed E-state index contributed by atoms with van der Waals surface area (Å²) < 4.78 is 11.6. The Bertz CT molecular complexity index is 1160. The number of nitrogens with one attached hydrogen (secondary N) is 2. The van der Waals surface area contributed by atoms with Crippen molar-refractivity contribution in [2.75, 3.05) is 37.4 Å². The molecule has 0 unspecified atom stereocenters. The van der Waals surface area contributed by atoms with Gasteiger partial charge in [0.15, 0.2) is 11.5 Å². The predicted octanol–water partition coefficient (Wildman–Crippen LogP) is 3.02. The zero-order chi connectivity index (χ0) is 26.9. The zero-order valence-corrected chi connectivity index (χ0v) is 21.9. The van der Waals surface area contributed by atoms with E-state index >= 15 is 0 Å². The number of hydrogen-bond acceptors (Lipinski definition) is 7. The van der Waals surface area contributed by atoms with Crippen LogP contribution >= 0.6 is 0 Å². The molecule has 3 atom stereocenters. The molecule has 1 aliphatic heterocycles. The van der Waals surface area contributed by atoms with E-state index in [1.807, 2.05) is 6.92 Å².